The molecule has 2 rings (SSSR count). The first-order valence-electron chi connectivity index (χ1n) is 6.60. The topological polar surface area (TPSA) is 21.3 Å². The van der Waals surface area contributed by atoms with Gasteiger partial charge in [0, 0.05) is 10.5 Å². The number of nitrogens with one attached hydrogen (secondary N) is 1. The molecular formula is C15H22BrNO. The van der Waals surface area contributed by atoms with Crippen LogP contribution in [0, 0.1) is 0 Å². The fraction of sp³-hybridized carbons (Fsp3) is 0.600. The predicted molar refractivity (Wildman–Crippen MR) is 79.4 cm³/mol. The molecule has 0 atom stereocenters. The summed E-state index contributed by atoms with van der Waals surface area (Å²) < 4.78 is 6.38. The Balaban J connectivity index is 2.02. The number of hydrogen-bond donors (Lipinski definition) is 1. The summed E-state index contributed by atoms with van der Waals surface area (Å²) in [6.45, 7) is 5.69. The maximum atomic E-state index is 5.24. The van der Waals surface area contributed by atoms with Crippen molar-refractivity contribution in [1.29, 1.82) is 0 Å². The van der Waals surface area contributed by atoms with Gasteiger partial charge >= 0.3 is 0 Å². The van der Waals surface area contributed by atoms with Crippen LogP contribution < -0.4 is 10.1 Å². The monoisotopic (exact) mass is 311 g/mol. The molecule has 0 aromatic heterocycles. The highest BCUT2D eigenvalue weighted by molar-refractivity contribution is 9.10. The van der Waals surface area contributed by atoms with E-state index in [0.29, 0.717) is 0 Å². The third kappa shape index (κ3) is 3.48. The maximum Gasteiger partial charge on any atom is 0.120 e. The molecule has 1 N–H and O–H groups in total. The van der Waals surface area contributed by atoms with Gasteiger partial charge < -0.3 is 10.1 Å². The van der Waals surface area contributed by atoms with Crippen LogP contribution in [0.25, 0.3) is 0 Å². The second-order valence-corrected chi connectivity index (χ2v) is 6.56. The molecule has 2 nitrogen and oxygen atoms in total. The second kappa shape index (κ2) is 5.62. The van der Waals surface area contributed by atoms with E-state index in [1.165, 1.54) is 18.4 Å². The zero-order valence-electron chi connectivity index (χ0n) is 11.4. The van der Waals surface area contributed by atoms with Crippen LogP contribution in [0.1, 0.15) is 38.7 Å². The van der Waals surface area contributed by atoms with E-state index >= 15 is 0 Å². The number of methoxy groups -OCH3 is 1. The van der Waals surface area contributed by atoms with Gasteiger partial charge in [0.25, 0.3) is 0 Å². The smallest absolute Gasteiger partial charge is 0.120 e. The van der Waals surface area contributed by atoms with Crippen molar-refractivity contribution in [2.45, 2.75) is 44.6 Å². The van der Waals surface area contributed by atoms with Crippen molar-refractivity contribution >= 4 is 15.9 Å². The highest BCUT2D eigenvalue weighted by atomic mass is 79.9. The van der Waals surface area contributed by atoms with Gasteiger partial charge in [0.15, 0.2) is 0 Å². The molecule has 0 spiro atoms. The van der Waals surface area contributed by atoms with E-state index < -0.39 is 0 Å². The van der Waals surface area contributed by atoms with Crippen LogP contribution in [0.2, 0.25) is 0 Å². The molecule has 100 valence electrons. The molecule has 1 aliphatic rings. The van der Waals surface area contributed by atoms with Crippen LogP contribution in [-0.4, -0.2) is 19.7 Å². The molecule has 1 saturated carbocycles. The Morgan fingerprint density at radius 1 is 1.39 bits per heavy atom. The van der Waals surface area contributed by atoms with Crippen molar-refractivity contribution < 1.29 is 4.74 Å². The van der Waals surface area contributed by atoms with Gasteiger partial charge in [-0.25, -0.2) is 0 Å². The minimum atomic E-state index is 0.174. The first-order chi connectivity index (χ1) is 8.53. The number of ether oxygens (including phenoxy) is 1. The van der Waals surface area contributed by atoms with Crippen molar-refractivity contribution in [3.63, 3.8) is 0 Å². The van der Waals surface area contributed by atoms with E-state index in [-0.39, 0.29) is 5.41 Å². The molecule has 1 aliphatic carbocycles. The van der Waals surface area contributed by atoms with E-state index in [4.69, 9.17) is 4.74 Å². The van der Waals surface area contributed by atoms with Gasteiger partial charge in [0.2, 0.25) is 0 Å². The first kappa shape index (κ1) is 13.9. The molecule has 0 saturated heterocycles. The van der Waals surface area contributed by atoms with Crippen molar-refractivity contribution in [1.82, 2.24) is 5.32 Å². The van der Waals surface area contributed by atoms with E-state index in [2.05, 4.69) is 41.2 Å². The Labute approximate surface area is 118 Å². The highest BCUT2D eigenvalue weighted by Gasteiger charge is 2.25. The molecule has 0 aliphatic heterocycles. The van der Waals surface area contributed by atoms with Gasteiger partial charge in [-0.05, 0) is 48.9 Å². The number of benzene rings is 1. The summed E-state index contributed by atoms with van der Waals surface area (Å²) in [5.41, 5.74) is 1.52. The summed E-state index contributed by atoms with van der Waals surface area (Å²) in [5.74, 6) is 0.900. The summed E-state index contributed by atoms with van der Waals surface area (Å²) in [7, 11) is 1.70. The Morgan fingerprint density at radius 3 is 2.67 bits per heavy atom. The lowest BCUT2D eigenvalue weighted by atomic mass is 9.81. The summed E-state index contributed by atoms with van der Waals surface area (Å²) in [4.78, 5) is 0. The zero-order valence-corrected chi connectivity index (χ0v) is 13.0. The zero-order chi connectivity index (χ0) is 13.2. The fourth-order valence-corrected chi connectivity index (χ4v) is 3.08. The summed E-state index contributed by atoms with van der Waals surface area (Å²) in [6, 6.07) is 7.04. The van der Waals surface area contributed by atoms with Crippen LogP contribution >= 0.6 is 15.9 Å². The molecule has 1 aromatic carbocycles. The number of hydrogen-bond acceptors (Lipinski definition) is 2. The standard InChI is InChI=1S/C15H22BrNO/c1-15(2,8-9-17-11-4-5-11)13-7-6-12(18-3)10-14(13)16/h6-7,10-11,17H,4-5,8-9H2,1-3H3. The minimum absolute atomic E-state index is 0.174. The highest BCUT2D eigenvalue weighted by Crippen LogP contribution is 2.35. The van der Waals surface area contributed by atoms with Crippen molar-refractivity contribution in [2.24, 2.45) is 0 Å². The Hall–Kier alpha value is -0.540. The predicted octanol–water partition coefficient (Wildman–Crippen LogP) is 3.88. The van der Waals surface area contributed by atoms with Crippen molar-refractivity contribution in [3.05, 3.63) is 28.2 Å². The molecule has 0 amide bonds. The third-order valence-corrected chi connectivity index (χ3v) is 4.32. The minimum Gasteiger partial charge on any atom is -0.497 e. The SMILES string of the molecule is COc1ccc(C(C)(C)CCNC2CC2)c(Br)c1. The average molecular weight is 312 g/mol. The Kier molecular flexibility index (Phi) is 4.33. The summed E-state index contributed by atoms with van der Waals surface area (Å²) in [5, 5.41) is 3.58. The Morgan fingerprint density at radius 2 is 2.11 bits per heavy atom. The summed E-state index contributed by atoms with van der Waals surface area (Å²) >= 11 is 3.66. The van der Waals surface area contributed by atoms with Crippen LogP contribution in [0.4, 0.5) is 0 Å². The molecule has 0 heterocycles. The van der Waals surface area contributed by atoms with E-state index in [1.807, 2.05) is 12.1 Å². The van der Waals surface area contributed by atoms with E-state index in [1.54, 1.807) is 7.11 Å². The van der Waals surface area contributed by atoms with Crippen LogP contribution in [0.5, 0.6) is 5.75 Å². The maximum absolute atomic E-state index is 5.24. The lowest BCUT2D eigenvalue weighted by Crippen LogP contribution is -2.27. The molecule has 1 fully saturated rings. The molecule has 0 bridgehead atoms. The second-order valence-electron chi connectivity index (χ2n) is 5.71. The van der Waals surface area contributed by atoms with E-state index in [0.717, 1.165) is 29.2 Å². The molecule has 3 heteroatoms. The lowest BCUT2D eigenvalue weighted by Gasteiger charge is -2.27. The molecule has 0 radical (unpaired) electrons. The Bertz CT molecular complexity index is 413. The largest absolute Gasteiger partial charge is 0.497 e. The quantitative estimate of drug-likeness (QED) is 0.861. The van der Waals surface area contributed by atoms with Crippen LogP contribution in [0.3, 0.4) is 0 Å². The number of halogens is 1. The van der Waals surface area contributed by atoms with Gasteiger partial charge in [-0.3, -0.25) is 0 Å². The van der Waals surface area contributed by atoms with Gasteiger partial charge in [-0.15, -0.1) is 0 Å². The molecule has 18 heavy (non-hydrogen) atoms. The van der Waals surface area contributed by atoms with Gasteiger partial charge in [0.05, 0.1) is 7.11 Å². The first-order valence-corrected chi connectivity index (χ1v) is 7.39. The summed E-state index contributed by atoms with van der Waals surface area (Å²) in [6.07, 6.45) is 3.85. The van der Waals surface area contributed by atoms with Gasteiger partial charge in [-0.1, -0.05) is 35.8 Å². The van der Waals surface area contributed by atoms with Crippen molar-refractivity contribution in [3.8, 4) is 5.75 Å². The molecule has 0 unspecified atom stereocenters. The van der Waals surface area contributed by atoms with Crippen LogP contribution in [-0.2, 0) is 5.41 Å². The van der Waals surface area contributed by atoms with Crippen molar-refractivity contribution in [2.75, 3.05) is 13.7 Å². The van der Waals surface area contributed by atoms with E-state index in [9.17, 15) is 0 Å². The molecule has 1 aromatic rings. The fourth-order valence-electron chi connectivity index (χ4n) is 2.18. The van der Waals surface area contributed by atoms with Gasteiger partial charge in [0.1, 0.15) is 5.75 Å². The van der Waals surface area contributed by atoms with Gasteiger partial charge in [-0.2, -0.15) is 0 Å². The molecular weight excluding hydrogens is 290 g/mol. The lowest BCUT2D eigenvalue weighted by molar-refractivity contribution is 0.412. The average Bonchev–Trinajstić information content (AvgIpc) is 3.12. The normalized spacial score (nSPS) is 15.8. The number of rotatable bonds is 6. The third-order valence-electron chi connectivity index (χ3n) is 3.67. The van der Waals surface area contributed by atoms with Crippen LogP contribution in [0.15, 0.2) is 22.7 Å².